The van der Waals surface area contributed by atoms with Gasteiger partial charge in [0.15, 0.2) is 0 Å². The molecule has 0 amide bonds. The molecule has 0 saturated heterocycles. The number of anilines is 9. The topological polar surface area (TPSA) is 9.72 Å². The average Bonchev–Trinajstić information content (AvgIpc) is 3.63. The molecule has 8 aromatic carbocycles. The molecular weight excluding hydrogens is 786 g/mol. The summed E-state index contributed by atoms with van der Waals surface area (Å²) >= 11 is 0. The third kappa shape index (κ3) is 6.97. The van der Waals surface area contributed by atoms with E-state index < -0.39 is 0 Å². The molecule has 11 rings (SSSR count). The molecule has 3 aliphatic rings. The summed E-state index contributed by atoms with van der Waals surface area (Å²) in [6.07, 6.45) is 10.6. The lowest BCUT2D eigenvalue weighted by Crippen LogP contribution is -2.61. The van der Waals surface area contributed by atoms with E-state index in [1.54, 1.807) is 0 Å². The Hall–Kier alpha value is -6.78. The first kappa shape index (κ1) is 41.0. The van der Waals surface area contributed by atoms with Crippen molar-refractivity contribution in [2.24, 2.45) is 0 Å². The van der Waals surface area contributed by atoms with Gasteiger partial charge in [0.25, 0.3) is 6.71 Å². The fourth-order valence-electron chi connectivity index (χ4n) is 11.1. The van der Waals surface area contributed by atoms with Crippen LogP contribution in [0.4, 0.5) is 51.2 Å². The van der Waals surface area contributed by atoms with Crippen molar-refractivity contribution >= 4 is 91.1 Å². The van der Waals surface area contributed by atoms with E-state index in [1.807, 2.05) is 0 Å². The van der Waals surface area contributed by atoms with E-state index in [1.165, 1.54) is 115 Å². The third-order valence-electron chi connectivity index (χ3n) is 14.5. The van der Waals surface area contributed by atoms with E-state index >= 15 is 0 Å². The van der Waals surface area contributed by atoms with E-state index in [-0.39, 0.29) is 12.1 Å². The van der Waals surface area contributed by atoms with Gasteiger partial charge in [-0.3, -0.25) is 0 Å². The molecule has 1 unspecified atom stereocenters. The lowest BCUT2D eigenvalue weighted by molar-refractivity contribution is 0.665. The Morgan fingerprint density at radius 3 is 2.03 bits per heavy atom. The van der Waals surface area contributed by atoms with Gasteiger partial charge in [0, 0.05) is 50.6 Å². The van der Waals surface area contributed by atoms with Gasteiger partial charge in [0.05, 0.1) is 11.4 Å². The Morgan fingerprint density at radius 1 is 0.615 bits per heavy atom. The SMILES string of the molecule is CCCCc1ccc(N2c3ccc(C)cc3B3c4cc5c(cc4N(c4ccc(C(C)CCC)cc4)c4cc(N(c6ccccc6)c6cccc7ccccc67)cc2c43)C(C)(C)C=C5)cc1. The molecular formula is C61H58BN3. The smallest absolute Gasteiger partial charge is 0.252 e. The average molecular weight is 844 g/mol. The number of hydrogen-bond acceptors (Lipinski definition) is 3. The normalized spacial score (nSPS) is 14.5. The standard InChI is InChI=1S/C61H58BN3/c1-7-9-17-43-25-29-48(30-26-43)64-56-33-24-41(3)36-53(56)62-54-37-46-34-35-61(5,6)52(46)40-57(54)65(49-31-27-44(28-32-49)42(4)16-8-2)59-39-50(38-58(64)60(59)62)63(47-20-11-10-12-21-47)55-23-15-19-45-18-13-14-22-51(45)55/h10-15,18-40,42H,7-9,16-17H2,1-6H3. The highest BCUT2D eigenvalue weighted by molar-refractivity contribution is 7.00. The quantitative estimate of drug-likeness (QED) is 0.120. The monoisotopic (exact) mass is 843 g/mol. The maximum atomic E-state index is 2.61. The predicted molar refractivity (Wildman–Crippen MR) is 281 cm³/mol. The van der Waals surface area contributed by atoms with Gasteiger partial charge in [-0.05, 0) is 143 Å². The molecule has 0 saturated carbocycles. The predicted octanol–water partition coefficient (Wildman–Crippen LogP) is 15.3. The Balaban J connectivity index is 1.25. The number of aryl methyl sites for hydroxylation is 2. The molecule has 2 aliphatic heterocycles. The first-order valence-electron chi connectivity index (χ1n) is 24.0. The van der Waals surface area contributed by atoms with Crippen molar-refractivity contribution in [1.29, 1.82) is 0 Å². The highest BCUT2D eigenvalue weighted by Gasteiger charge is 2.45. The van der Waals surface area contributed by atoms with Gasteiger partial charge in [0.1, 0.15) is 0 Å². The number of unbranched alkanes of at least 4 members (excludes halogenated alkanes) is 1. The van der Waals surface area contributed by atoms with Crippen LogP contribution in [0.15, 0.2) is 170 Å². The molecule has 2 heterocycles. The van der Waals surface area contributed by atoms with E-state index in [2.05, 4.69) is 232 Å². The molecule has 8 aromatic rings. The number of benzene rings is 8. The van der Waals surface area contributed by atoms with Crippen LogP contribution < -0.4 is 31.1 Å². The van der Waals surface area contributed by atoms with Crippen molar-refractivity contribution in [2.45, 2.75) is 85.0 Å². The van der Waals surface area contributed by atoms with Crippen LogP contribution in [0.25, 0.3) is 16.8 Å². The highest BCUT2D eigenvalue weighted by Crippen LogP contribution is 2.50. The Labute approximate surface area is 386 Å². The van der Waals surface area contributed by atoms with Crippen LogP contribution in [0, 0.1) is 6.92 Å². The minimum absolute atomic E-state index is 0.0178. The molecule has 4 heteroatoms. The Kier molecular flexibility index (Phi) is 10.3. The van der Waals surface area contributed by atoms with Crippen LogP contribution in [-0.2, 0) is 11.8 Å². The van der Waals surface area contributed by atoms with Crippen LogP contribution in [0.1, 0.15) is 94.0 Å². The number of rotatable bonds is 11. The van der Waals surface area contributed by atoms with Crippen LogP contribution in [0.3, 0.4) is 0 Å². The summed E-state index contributed by atoms with van der Waals surface area (Å²) in [6, 6.07) is 62.6. The zero-order valence-corrected chi connectivity index (χ0v) is 38.8. The van der Waals surface area contributed by atoms with E-state index in [0.717, 1.165) is 23.5 Å². The minimum atomic E-state index is -0.0810. The fraction of sp³-hybridized carbons (Fsp3) is 0.213. The van der Waals surface area contributed by atoms with Crippen LogP contribution >= 0.6 is 0 Å². The molecule has 3 nitrogen and oxygen atoms in total. The molecule has 65 heavy (non-hydrogen) atoms. The largest absolute Gasteiger partial charge is 0.311 e. The van der Waals surface area contributed by atoms with Crippen molar-refractivity contribution in [3.8, 4) is 0 Å². The minimum Gasteiger partial charge on any atom is -0.311 e. The molecule has 1 atom stereocenters. The molecule has 0 bridgehead atoms. The molecule has 0 radical (unpaired) electrons. The second-order valence-corrected chi connectivity index (χ2v) is 19.3. The Bertz CT molecular complexity index is 3110. The van der Waals surface area contributed by atoms with Crippen molar-refractivity contribution in [2.75, 3.05) is 14.7 Å². The highest BCUT2D eigenvalue weighted by atomic mass is 15.2. The van der Waals surface area contributed by atoms with E-state index in [9.17, 15) is 0 Å². The van der Waals surface area contributed by atoms with E-state index in [4.69, 9.17) is 0 Å². The fourth-order valence-corrected chi connectivity index (χ4v) is 11.1. The summed E-state index contributed by atoms with van der Waals surface area (Å²) in [7, 11) is 0. The lowest BCUT2D eigenvalue weighted by atomic mass is 9.33. The molecule has 0 spiro atoms. The van der Waals surface area contributed by atoms with Crippen molar-refractivity contribution in [1.82, 2.24) is 0 Å². The molecule has 0 aromatic heterocycles. The van der Waals surface area contributed by atoms with Gasteiger partial charge in [-0.1, -0.05) is 162 Å². The third-order valence-corrected chi connectivity index (χ3v) is 14.5. The van der Waals surface area contributed by atoms with Crippen molar-refractivity contribution < 1.29 is 0 Å². The first-order chi connectivity index (χ1) is 31.7. The van der Waals surface area contributed by atoms with Gasteiger partial charge in [-0.15, -0.1) is 0 Å². The van der Waals surface area contributed by atoms with Crippen molar-refractivity contribution in [3.05, 3.63) is 198 Å². The lowest BCUT2D eigenvalue weighted by Gasteiger charge is -2.45. The number of nitrogens with zero attached hydrogens (tertiary/aromatic N) is 3. The zero-order chi connectivity index (χ0) is 44.4. The molecule has 320 valence electrons. The summed E-state index contributed by atoms with van der Waals surface area (Å²) < 4.78 is 0. The van der Waals surface area contributed by atoms with Gasteiger partial charge in [-0.2, -0.15) is 0 Å². The molecule has 1 aliphatic carbocycles. The summed E-state index contributed by atoms with van der Waals surface area (Å²) in [5.74, 6) is 0.500. The maximum Gasteiger partial charge on any atom is 0.252 e. The molecule has 0 N–H and O–H groups in total. The van der Waals surface area contributed by atoms with Gasteiger partial charge in [-0.25, -0.2) is 0 Å². The number of fused-ring (bicyclic) bond motifs is 6. The second-order valence-electron chi connectivity index (χ2n) is 19.3. The van der Waals surface area contributed by atoms with E-state index in [0.29, 0.717) is 5.92 Å². The summed E-state index contributed by atoms with van der Waals surface area (Å²) in [6.45, 7) is 13.9. The van der Waals surface area contributed by atoms with Gasteiger partial charge in [0.2, 0.25) is 0 Å². The zero-order valence-electron chi connectivity index (χ0n) is 38.8. The van der Waals surface area contributed by atoms with Gasteiger partial charge < -0.3 is 14.7 Å². The van der Waals surface area contributed by atoms with Gasteiger partial charge >= 0.3 is 0 Å². The number of allylic oxidation sites excluding steroid dienone is 1. The second kappa shape index (κ2) is 16.3. The number of para-hydroxylation sites is 1. The van der Waals surface area contributed by atoms with Crippen LogP contribution in [0.2, 0.25) is 0 Å². The molecule has 0 fully saturated rings. The first-order valence-corrected chi connectivity index (χ1v) is 24.0. The number of hydrogen-bond donors (Lipinski definition) is 0. The van der Waals surface area contributed by atoms with Crippen molar-refractivity contribution in [3.63, 3.8) is 0 Å². The van der Waals surface area contributed by atoms with Crippen LogP contribution in [-0.4, -0.2) is 6.71 Å². The van der Waals surface area contributed by atoms with Crippen LogP contribution in [0.5, 0.6) is 0 Å². The summed E-state index contributed by atoms with van der Waals surface area (Å²) in [4.78, 5) is 7.67. The summed E-state index contributed by atoms with van der Waals surface area (Å²) in [5.41, 5.74) is 21.4. The Morgan fingerprint density at radius 2 is 1.29 bits per heavy atom. The summed E-state index contributed by atoms with van der Waals surface area (Å²) in [5, 5.41) is 2.44. The maximum absolute atomic E-state index is 2.61.